The van der Waals surface area contributed by atoms with Gasteiger partial charge in [0.1, 0.15) is 5.82 Å². The van der Waals surface area contributed by atoms with Crippen molar-refractivity contribution < 1.29 is 4.79 Å². The number of nitrogens with one attached hydrogen (secondary N) is 1. The molecule has 0 aliphatic rings. The molecule has 1 N–H and O–H groups in total. The van der Waals surface area contributed by atoms with Gasteiger partial charge in [-0.2, -0.15) is 0 Å². The Bertz CT molecular complexity index is 467. The van der Waals surface area contributed by atoms with Gasteiger partial charge in [0.25, 0.3) is 5.91 Å². The van der Waals surface area contributed by atoms with Gasteiger partial charge in [-0.05, 0) is 19.1 Å². The number of amides is 1. The number of hydrogen-bond donors (Lipinski definition) is 1. The molecule has 4 nitrogen and oxygen atoms in total. The number of carbonyl (C=O) groups excluding carboxylic acids is 1. The molecule has 15 heavy (non-hydrogen) atoms. The van der Waals surface area contributed by atoms with Crippen LogP contribution in [0.15, 0.2) is 29.8 Å². The van der Waals surface area contributed by atoms with Gasteiger partial charge in [0.15, 0.2) is 5.01 Å². The molecule has 0 fully saturated rings. The first kappa shape index (κ1) is 9.79. The number of nitrogens with zero attached hydrogens (tertiary/aromatic N) is 2. The van der Waals surface area contributed by atoms with Gasteiger partial charge < -0.3 is 5.32 Å². The van der Waals surface area contributed by atoms with Crippen LogP contribution in [0, 0.1) is 6.92 Å². The van der Waals surface area contributed by atoms with Gasteiger partial charge in [-0.25, -0.2) is 9.97 Å². The summed E-state index contributed by atoms with van der Waals surface area (Å²) in [5.74, 6) is 0.332. The maximum atomic E-state index is 11.6. The molecule has 1 amide bonds. The van der Waals surface area contributed by atoms with E-state index in [1.807, 2.05) is 19.1 Å². The lowest BCUT2D eigenvalue weighted by molar-refractivity contribution is 0.102. The van der Waals surface area contributed by atoms with Crippen molar-refractivity contribution in [2.24, 2.45) is 0 Å². The van der Waals surface area contributed by atoms with E-state index >= 15 is 0 Å². The molecule has 0 spiro atoms. The lowest BCUT2D eigenvalue weighted by Gasteiger charge is -2.02. The van der Waals surface area contributed by atoms with Gasteiger partial charge >= 0.3 is 0 Å². The van der Waals surface area contributed by atoms with Crippen LogP contribution in [0.3, 0.4) is 0 Å². The van der Waals surface area contributed by atoms with Crippen molar-refractivity contribution >= 4 is 23.1 Å². The normalized spacial score (nSPS) is 9.93. The summed E-state index contributed by atoms with van der Waals surface area (Å²) in [6.45, 7) is 1.87. The van der Waals surface area contributed by atoms with E-state index in [0.29, 0.717) is 10.8 Å². The van der Waals surface area contributed by atoms with E-state index in [9.17, 15) is 4.79 Å². The number of anilines is 1. The molecule has 0 bridgehead atoms. The number of carbonyl (C=O) groups is 1. The fourth-order valence-electron chi connectivity index (χ4n) is 1.12. The topological polar surface area (TPSA) is 54.9 Å². The van der Waals surface area contributed by atoms with Gasteiger partial charge in [0.05, 0.1) is 0 Å². The molecule has 0 aliphatic carbocycles. The first-order valence-electron chi connectivity index (χ1n) is 4.40. The maximum absolute atomic E-state index is 11.6. The third-order valence-corrected chi connectivity index (χ3v) is 2.53. The lowest BCUT2D eigenvalue weighted by atomic mass is 10.4. The van der Waals surface area contributed by atoms with Crippen LogP contribution in [0.5, 0.6) is 0 Å². The summed E-state index contributed by atoms with van der Waals surface area (Å²) in [6, 6.07) is 5.47. The highest BCUT2D eigenvalue weighted by molar-refractivity contribution is 7.11. The summed E-state index contributed by atoms with van der Waals surface area (Å²) in [5.41, 5.74) is 0.868. The van der Waals surface area contributed by atoms with Crippen LogP contribution in [0.2, 0.25) is 0 Å². The van der Waals surface area contributed by atoms with Crippen molar-refractivity contribution in [1.29, 1.82) is 0 Å². The highest BCUT2D eigenvalue weighted by Gasteiger charge is 2.08. The Labute approximate surface area is 91.0 Å². The molecule has 0 unspecified atom stereocenters. The molecule has 0 saturated heterocycles. The second kappa shape index (κ2) is 4.18. The molecule has 0 aromatic carbocycles. The van der Waals surface area contributed by atoms with E-state index < -0.39 is 0 Å². The summed E-state index contributed by atoms with van der Waals surface area (Å²) in [6.07, 6.45) is 1.60. The van der Waals surface area contributed by atoms with Gasteiger partial charge in [-0.1, -0.05) is 6.07 Å². The number of thiazole rings is 1. The fourth-order valence-corrected chi connectivity index (χ4v) is 1.65. The summed E-state index contributed by atoms with van der Waals surface area (Å²) in [4.78, 5) is 19.7. The standard InChI is InChI=1S/C10H9N3OS/c1-7-3-2-4-8(12-7)13-9(14)10-11-5-6-15-10/h2-6H,1H3,(H,12,13,14). The van der Waals surface area contributed by atoms with Crippen molar-refractivity contribution in [3.05, 3.63) is 40.5 Å². The van der Waals surface area contributed by atoms with Crippen molar-refractivity contribution in [2.45, 2.75) is 6.92 Å². The van der Waals surface area contributed by atoms with E-state index in [2.05, 4.69) is 15.3 Å². The van der Waals surface area contributed by atoms with Crippen LogP contribution in [-0.2, 0) is 0 Å². The van der Waals surface area contributed by atoms with Gasteiger partial charge in [0, 0.05) is 17.3 Å². The molecular formula is C10H9N3OS. The van der Waals surface area contributed by atoms with Gasteiger partial charge in [-0.15, -0.1) is 11.3 Å². The molecule has 76 valence electrons. The Morgan fingerprint density at radius 2 is 2.33 bits per heavy atom. The second-order valence-corrected chi connectivity index (χ2v) is 3.85. The van der Waals surface area contributed by atoms with Crippen LogP contribution < -0.4 is 5.32 Å². The average Bonchev–Trinajstić information content (AvgIpc) is 2.70. The zero-order valence-electron chi connectivity index (χ0n) is 8.10. The number of pyridine rings is 1. The highest BCUT2D eigenvalue weighted by atomic mass is 32.1. The molecule has 0 atom stereocenters. The van der Waals surface area contributed by atoms with Crippen molar-refractivity contribution in [3.63, 3.8) is 0 Å². The Kier molecular flexibility index (Phi) is 2.73. The van der Waals surface area contributed by atoms with Crippen LogP contribution in [0.25, 0.3) is 0 Å². The average molecular weight is 219 g/mol. The Balaban J connectivity index is 2.13. The van der Waals surface area contributed by atoms with Crippen molar-refractivity contribution in [3.8, 4) is 0 Å². The number of rotatable bonds is 2. The Morgan fingerprint density at radius 1 is 1.47 bits per heavy atom. The summed E-state index contributed by atoms with van der Waals surface area (Å²) in [5, 5.41) is 4.89. The zero-order chi connectivity index (χ0) is 10.7. The van der Waals surface area contributed by atoms with Crippen LogP contribution in [0.1, 0.15) is 15.5 Å². The third-order valence-electron chi connectivity index (χ3n) is 1.76. The maximum Gasteiger partial charge on any atom is 0.285 e. The smallest absolute Gasteiger partial charge is 0.285 e. The molecule has 2 aromatic rings. The molecule has 0 saturated carbocycles. The van der Waals surface area contributed by atoms with Gasteiger partial charge in [-0.3, -0.25) is 4.79 Å². The molecule has 0 radical (unpaired) electrons. The highest BCUT2D eigenvalue weighted by Crippen LogP contribution is 2.09. The molecule has 2 aromatic heterocycles. The fraction of sp³-hybridized carbons (Fsp3) is 0.100. The molecule has 2 rings (SSSR count). The van der Waals surface area contributed by atoms with Crippen molar-refractivity contribution in [1.82, 2.24) is 9.97 Å². The van der Waals surface area contributed by atoms with Crippen LogP contribution >= 0.6 is 11.3 Å². The monoisotopic (exact) mass is 219 g/mol. The number of aromatic nitrogens is 2. The minimum Gasteiger partial charge on any atom is -0.304 e. The Morgan fingerprint density at radius 3 is 3.00 bits per heavy atom. The van der Waals surface area contributed by atoms with E-state index in [0.717, 1.165) is 5.69 Å². The van der Waals surface area contributed by atoms with Crippen molar-refractivity contribution in [2.75, 3.05) is 5.32 Å². The minimum absolute atomic E-state index is 0.219. The second-order valence-electron chi connectivity index (χ2n) is 2.96. The molecule has 2 heterocycles. The minimum atomic E-state index is -0.219. The van der Waals surface area contributed by atoms with E-state index in [1.165, 1.54) is 11.3 Å². The van der Waals surface area contributed by atoms with Crippen LogP contribution in [0.4, 0.5) is 5.82 Å². The van der Waals surface area contributed by atoms with E-state index in [-0.39, 0.29) is 5.91 Å². The largest absolute Gasteiger partial charge is 0.304 e. The van der Waals surface area contributed by atoms with E-state index in [4.69, 9.17) is 0 Å². The predicted molar refractivity (Wildman–Crippen MR) is 59.0 cm³/mol. The number of hydrogen-bond acceptors (Lipinski definition) is 4. The Hall–Kier alpha value is -1.75. The third kappa shape index (κ3) is 2.38. The number of aryl methyl sites for hydroxylation is 1. The SMILES string of the molecule is Cc1cccc(NC(=O)c2nccs2)n1. The predicted octanol–water partition coefficient (Wildman–Crippen LogP) is 2.10. The van der Waals surface area contributed by atoms with Crippen LogP contribution in [-0.4, -0.2) is 15.9 Å². The first-order chi connectivity index (χ1) is 7.25. The first-order valence-corrected chi connectivity index (χ1v) is 5.28. The zero-order valence-corrected chi connectivity index (χ0v) is 8.91. The molecular weight excluding hydrogens is 210 g/mol. The van der Waals surface area contributed by atoms with Gasteiger partial charge in [0.2, 0.25) is 0 Å². The van der Waals surface area contributed by atoms with E-state index in [1.54, 1.807) is 17.6 Å². The molecule has 0 aliphatic heterocycles. The lowest BCUT2D eigenvalue weighted by Crippen LogP contribution is -2.12. The summed E-state index contributed by atoms with van der Waals surface area (Å²) < 4.78 is 0. The summed E-state index contributed by atoms with van der Waals surface area (Å²) in [7, 11) is 0. The molecule has 5 heteroatoms. The quantitative estimate of drug-likeness (QED) is 0.841. The summed E-state index contributed by atoms with van der Waals surface area (Å²) >= 11 is 1.30.